The molecule has 0 N–H and O–H groups in total. The Bertz CT molecular complexity index is 1100. The average Bonchev–Trinajstić information content (AvgIpc) is 3.10. The molecule has 2 aromatic rings. The molecule has 6 heteroatoms. The summed E-state index contributed by atoms with van der Waals surface area (Å²) in [6.07, 6.45) is 4.19. The van der Waals surface area contributed by atoms with Crippen LogP contribution in [0.4, 0.5) is 0 Å². The summed E-state index contributed by atoms with van der Waals surface area (Å²) in [7, 11) is -7.38. The van der Waals surface area contributed by atoms with Gasteiger partial charge >= 0.3 is 0 Å². The zero-order chi connectivity index (χ0) is 20.2. The number of rotatable bonds is 4. The molecule has 0 amide bonds. The summed E-state index contributed by atoms with van der Waals surface area (Å²) < 4.78 is 53.2. The molecule has 28 heavy (non-hydrogen) atoms. The molecule has 4 rings (SSSR count). The van der Waals surface area contributed by atoms with Crippen LogP contribution in [0, 0.1) is 10.8 Å². The fourth-order valence-corrected chi connectivity index (χ4v) is 8.45. The van der Waals surface area contributed by atoms with Crippen LogP contribution >= 0.6 is 0 Å². The van der Waals surface area contributed by atoms with Crippen LogP contribution in [0.15, 0.2) is 92.4 Å². The highest BCUT2D eigenvalue weighted by Crippen LogP contribution is 2.65. The maximum absolute atomic E-state index is 13.3. The maximum Gasteiger partial charge on any atom is 0.203 e. The molecule has 2 aliphatic rings. The summed E-state index contributed by atoms with van der Waals surface area (Å²) >= 11 is 0. The van der Waals surface area contributed by atoms with Crippen molar-refractivity contribution in [3.63, 3.8) is 0 Å². The zero-order valence-corrected chi connectivity index (χ0v) is 17.4. The molecule has 0 fully saturated rings. The van der Waals surface area contributed by atoms with Crippen molar-refractivity contribution >= 4 is 19.7 Å². The molecule has 0 bridgehead atoms. The lowest BCUT2D eigenvalue weighted by Crippen LogP contribution is -2.36. The molecular formula is C22H22O4S2. The normalized spacial score (nSPS) is 27.2. The van der Waals surface area contributed by atoms with Crippen molar-refractivity contribution in [3.8, 4) is 0 Å². The molecule has 0 aliphatic heterocycles. The molecule has 2 atom stereocenters. The van der Waals surface area contributed by atoms with Crippen molar-refractivity contribution in [2.45, 2.75) is 36.5 Å². The van der Waals surface area contributed by atoms with Crippen LogP contribution in [0.1, 0.15) is 26.7 Å². The Kier molecular flexibility index (Phi) is 4.21. The number of sulfone groups is 2. The smallest absolute Gasteiger partial charge is 0.203 e. The topological polar surface area (TPSA) is 68.3 Å². The van der Waals surface area contributed by atoms with Gasteiger partial charge in [-0.05, 0) is 37.1 Å². The van der Waals surface area contributed by atoms with Crippen molar-refractivity contribution in [1.82, 2.24) is 0 Å². The van der Waals surface area contributed by atoms with Gasteiger partial charge in [-0.3, -0.25) is 0 Å². The summed E-state index contributed by atoms with van der Waals surface area (Å²) in [5, 5.41) is 0. The second kappa shape index (κ2) is 6.16. The van der Waals surface area contributed by atoms with E-state index >= 15 is 0 Å². The van der Waals surface area contributed by atoms with Crippen molar-refractivity contribution in [1.29, 1.82) is 0 Å². The van der Waals surface area contributed by atoms with Gasteiger partial charge in [0.1, 0.15) is 0 Å². The number of fused-ring (bicyclic) bond motifs is 1. The summed E-state index contributed by atoms with van der Waals surface area (Å²) in [5.74, 6) is 0. The van der Waals surface area contributed by atoms with E-state index in [2.05, 4.69) is 0 Å². The van der Waals surface area contributed by atoms with Crippen LogP contribution < -0.4 is 0 Å². The molecule has 2 aliphatic carbocycles. The van der Waals surface area contributed by atoms with Crippen molar-refractivity contribution < 1.29 is 16.8 Å². The number of hydrogen-bond donors (Lipinski definition) is 0. The van der Waals surface area contributed by atoms with Gasteiger partial charge in [-0.2, -0.15) is 0 Å². The second-order valence-corrected chi connectivity index (χ2v) is 11.7. The molecule has 2 unspecified atom stereocenters. The van der Waals surface area contributed by atoms with E-state index in [4.69, 9.17) is 0 Å². The molecule has 2 aromatic carbocycles. The Hall–Kier alpha value is -2.18. The first kappa shape index (κ1) is 19.2. The third-order valence-corrected chi connectivity index (χ3v) is 10.6. The lowest BCUT2D eigenvalue weighted by molar-refractivity contribution is 0.219. The van der Waals surface area contributed by atoms with E-state index in [0.29, 0.717) is 22.7 Å². The van der Waals surface area contributed by atoms with Crippen LogP contribution in [0.5, 0.6) is 0 Å². The van der Waals surface area contributed by atoms with Crippen LogP contribution in [0.25, 0.3) is 0 Å². The first-order chi connectivity index (χ1) is 13.1. The lowest BCUT2D eigenvalue weighted by atomic mass is 9.70. The van der Waals surface area contributed by atoms with Gasteiger partial charge in [-0.25, -0.2) is 16.8 Å². The third-order valence-electron chi connectivity index (χ3n) is 6.38. The van der Waals surface area contributed by atoms with E-state index in [1.54, 1.807) is 72.8 Å². The Morgan fingerprint density at radius 3 is 1.25 bits per heavy atom. The van der Waals surface area contributed by atoms with Gasteiger partial charge in [-0.1, -0.05) is 62.4 Å². The van der Waals surface area contributed by atoms with Crippen LogP contribution in [0.2, 0.25) is 0 Å². The van der Waals surface area contributed by atoms with Crippen LogP contribution in [-0.4, -0.2) is 16.8 Å². The summed E-state index contributed by atoms with van der Waals surface area (Å²) in [4.78, 5) is 1.13. The highest BCUT2D eigenvalue weighted by Gasteiger charge is 2.60. The molecule has 0 saturated carbocycles. The minimum atomic E-state index is -3.69. The third kappa shape index (κ3) is 2.47. The molecule has 0 radical (unpaired) electrons. The first-order valence-electron chi connectivity index (χ1n) is 9.16. The van der Waals surface area contributed by atoms with Gasteiger partial charge < -0.3 is 0 Å². The van der Waals surface area contributed by atoms with Gasteiger partial charge in [-0.15, -0.1) is 0 Å². The van der Waals surface area contributed by atoms with E-state index < -0.39 is 30.5 Å². The summed E-state index contributed by atoms with van der Waals surface area (Å²) in [6.45, 7) is 3.74. The minimum Gasteiger partial charge on any atom is -0.219 e. The first-order valence-corrected chi connectivity index (χ1v) is 12.1. The molecule has 0 aromatic heterocycles. The lowest BCUT2D eigenvalue weighted by Gasteiger charge is -2.39. The predicted octanol–water partition coefficient (Wildman–Crippen LogP) is 4.52. The quantitative estimate of drug-likeness (QED) is 0.737. The van der Waals surface area contributed by atoms with Crippen LogP contribution in [-0.2, 0) is 19.7 Å². The molecular weight excluding hydrogens is 392 g/mol. The molecule has 0 heterocycles. The Morgan fingerprint density at radius 1 is 0.607 bits per heavy atom. The number of benzene rings is 2. The van der Waals surface area contributed by atoms with Gasteiger partial charge in [0.2, 0.25) is 19.7 Å². The van der Waals surface area contributed by atoms with Gasteiger partial charge in [0, 0.05) is 10.8 Å². The van der Waals surface area contributed by atoms with E-state index in [-0.39, 0.29) is 9.79 Å². The van der Waals surface area contributed by atoms with E-state index in [0.717, 1.165) is 0 Å². The monoisotopic (exact) mass is 414 g/mol. The van der Waals surface area contributed by atoms with Crippen molar-refractivity contribution in [2.75, 3.05) is 0 Å². The second-order valence-electron chi connectivity index (χ2n) is 7.84. The average molecular weight is 415 g/mol. The molecule has 146 valence electrons. The maximum atomic E-state index is 13.3. The fourth-order valence-electron chi connectivity index (χ4n) is 4.51. The Morgan fingerprint density at radius 2 is 0.929 bits per heavy atom. The standard InChI is InChI=1S/C22H22O4S2/c1-21-15-13-20(28(25,26)18-11-7-4-8-12-18)22(21,2)16-14-19(21)27(23,24)17-9-5-3-6-10-17/h3-14H,15-16H2,1-2H3. The summed E-state index contributed by atoms with van der Waals surface area (Å²) in [5.41, 5.74) is -1.59. The molecule has 4 nitrogen and oxygen atoms in total. The Balaban J connectivity index is 1.78. The number of allylic oxidation sites excluding steroid dienone is 4. The highest BCUT2D eigenvalue weighted by molar-refractivity contribution is 7.96. The number of hydrogen-bond acceptors (Lipinski definition) is 4. The Labute approximate surface area is 166 Å². The van der Waals surface area contributed by atoms with Crippen molar-refractivity contribution in [3.05, 3.63) is 82.6 Å². The van der Waals surface area contributed by atoms with E-state index in [1.807, 2.05) is 13.8 Å². The largest absolute Gasteiger partial charge is 0.219 e. The van der Waals surface area contributed by atoms with Gasteiger partial charge in [0.25, 0.3) is 0 Å². The fraction of sp³-hybridized carbons (Fsp3) is 0.273. The minimum absolute atomic E-state index is 0.242. The zero-order valence-electron chi connectivity index (χ0n) is 15.8. The highest BCUT2D eigenvalue weighted by atomic mass is 32.2. The van der Waals surface area contributed by atoms with Gasteiger partial charge in [0.15, 0.2) is 0 Å². The van der Waals surface area contributed by atoms with E-state index in [1.165, 1.54) is 0 Å². The molecule has 0 spiro atoms. The molecule has 0 saturated heterocycles. The van der Waals surface area contributed by atoms with Crippen LogP contribution in [0.3, 0.4) is 0 Å². The van der Waals surface area contributed by atoms with Gasteiger partial charge in [0.05, 0.1) is 19.6 Å². The summed E-state index contributed by atoms with van der Waals surface area (Å²) in [6, 6.07) is 16.7. The van der Waals surface area contributed by atoms with E-state index in [9.17, 15) is 16.8 Å². The SMILES string of the molecule is CC12CC=C(S(=O)(=O)c3ccccc3)C1(C)CC=C2S(=O)(=O)c1ccccc1. The predicted molar refractivity (Wildman–Crippen MR) is 109 cm³/mol. The van der Waals surface area contributed by atoms with Crippen molar-refractivity contribution in [2.24, 2.45) is 10.8 Å².